The lowest BCUT2D eigenvalue weighted by Gasteiger charge is -2.14. The second-order valence-corrected chi connectivity index (χ2v) is 7.06. The van der Waals surface area contributed by atoms with E-state index in [1.165, 1.54) is 26.9 Å². The first-order valence-corrected chi connectivity index (χ1v) is 9.41. The van der Waals surface area contributed by atoms with Crippen LogP contribution in [0.2, 0.25) is 0 Å². The summed E-state index contributed by atoms with van der Waals surface area (Å²) in [6.45, 7) is 2.47. The van der Waals surface area contributed by atoms with Gasteiger partial charge in [0.15, 0.2) is 11.5 Å². The van der Waals surface area contributed by atoms with E-state index < -0.39 is 0 Å². The number of hydrogen-bond acceptors (Lipinski definition) is 5. The van der Waals surface area contributed by atoms with E-state index in [4.69, 9.17) is 14.2 Å². The van der Waals surface area contributed by atoms with Gasteiger partial charge in [-0.25, -0.2) is 0 Å². The molecule has 1 saturated carbocycles. The van der Waals surface area contributed by atoms with Crippen LogP contribution in [-0.4, -0.2) is 33.1 Å². The summed E-state index contributed by atoms with van der Waals surface area (Å²) in [5.41, 5.74) is 2.73. The fourth-order valence-electron chi connectivity index (χ4n) is 3.19. The molecule has 2 atom stereocenters. The molecule has 7 nitrogen and oxygen atoms in total. The van der Waals surface area contributed by atoms with Gasteiger partial charge in [0.25, 0.3) is 0 Å². The number of aryl methyl sites for hydroxylation is 1. The van der Waals surface area contributed by atoms with Gasteiger partial charge in [0.2, 0.25) is 17.6 Å². The van der Waals surface area contributed by atoms with Crippen molar-refractivity contribution in [3.05, 3.63) is 47.5 Å². The molecule has 3 rings (SSSR count). The third kappa shape index (κ3) is 4.80. The Morgan fingerprint density at radius 3 is 2.07 bits per heavy atom. The van der Waals surface area contributed by atoms with Crippen molar-refractivity contribution >= 4 is 17.5 Å². The monoisotopic (exact) mass is 398 g/mol. The molecule has 0 saturated heterocycles. The molecule has 0 heterocycles. The maximum Gasteiger partial charge on any atom is 0.228 e. The van der Waals surface area contributed by atoms with Crippen molar-refractivity contribution in [2.24, 2.45) is 11.8 Å². The lowest BCUT2D eigenvalue weighted by atomic mass is 10.1. The van der Waals surface area contributed by atoms with Gasteiger partial charge in [-0.1, -0.05) is 29.8 Å². The van der Waals surface area contributed by atoms with E-state index in [1.54, 1.807) is 12.1 Å². The van der Waals surface area contributed by atoms with Crippen LogP contribution in [0.1, 0.15) is 17.5 Å². The Morgan fingerprint density at radius 2 is 1.52 bits per heavy atom. The van der Waals surface area contributed by atoms with Gasteiger partial charge in [-0.15, -0.1) is 0 Å². The molecule has 2 amide bonds. The number of carbonyl (C=O) groups excluding carboxylic acids is 2. The molecule has 0 aliphatic heterocycles. The summed E-state index contributed by atoms with van der Waals surface area (Å²) < 4.78 is 15.9. The Morgan fingerprint density at radius 1 is 0.931 bits per heavy atom. The first-order valence-electron chi connectivity index (χ1n) is 9.41. The summed E-state index contributed by atoms with van der Waals surface area (Å²) in [5.74, 6) is 0.406. The van der Waals surface area contributed by atoms with Crippen LogP contribution >= 0.6 is 0 Å². The van der Waals surface area contributed by atoms with Crippen molar-refractivity contribution in [2.45, 2.75) is 19.9 Å². The molecule has 0 radical (unpaired) electrons. The van der Waals surface area contributed by atoms with Crippen LogP contribution in [0.5, 0.6) is 17.2 Å². The van der Waals surface area contributed by atoms with Crippen molar-refractivity contribution in [3.8, 4) is 17.2 Å². The van der Waals surface area contributed by atoms with Gasteiger partial charge >= 0.3 is 0 Å². The van der Waals surface area contributed by atoms with Gasteiger partial charge in [-0.05, 0) is 18.9 Å². The predicted octanol–water partition coefficient (Wildman–Crippen LogP) is 2.91. The van der Waals surface area contributed by atoms with Gasteiger partial charge in [0.1, 0.15) is 0 Å². The summed E-state index contributed by atoms with van der Waals surface area (Å²) in [5, 5.41) is 5.74. The predicted molar refractivity (Wildman–Crippen MR) is 109 cm³/mol. The number of hydrogen-bond donors (Lipinski definition) is 2. The largest absolute Gasteiger partial charge is 0.493 e. The molecule has 1 fully saturated rings. The Labute approximate surface area is 170 Å². The van der Waals surface area contributed by atoms with Crippen LogP contribution in [0.3, 0.4) is 0 Å². The standard InChI is InChI=1S/C22H26N2O5/c1-13-5-7-14(8-6-13)12-23-21(25)16-11-17(16)22(26)24-15-9-18(27-2)20(29-4)19(10-15)28-3/h5-10,16-17H,11-12H2,1-4H3,(H,23,25)(H,24,26). The lowest BCUT2D eigenvalue weighted by Crippen LogP contribution is -2.27. The molecule has 1 aliphatic rings. The molecule has 0 aromatic heterocycles. The Hall–Kier alpha value is -3.22. The van der Waals surface area contributed by atoms with E-state index in [2.05, 4.69) is 10.6 Å². The number of rotatable bonds is 8. The van der Waals surface area contributed by atoms with E-state index in [-0.39, 0.29) is 23.7 Å². The summed E-state index contributed by atoms with van der Waals surface area (Å²) >= 11 is 0. The summed E-state index contributed by atoms with van der Waals surface area (Å²) in [6.07, 6.45) is 0.538. The van der Waals surface area contributed by atoms with Gasteiger partial charge < -0.3 is 24.8 Å². The second kappa shape index (κ2) is 8.86. The molecular weight excluding hydrogens is 372 g/mol. The minimum atomic E-state index is -0.341. The summed E-state index contributed by atoms with van der Waals surface area (Å²) in [7, 11) is 4.54. The minimum absolute atomic E-state index is 0.101. The van der Waals surface area contributed by atoms with E-state index in [1.807, 2.05) is 31.2 Å². The van der Waals surface area contributed by atoms with Crippen molar-refractivity contribution in [1.29, 1.82) is 0 Å². The average Bonchev–Trinajstić information content (AvgIpc) is 3.53. The van der Waals surface area contributed by atoms with Gasteiger partial charge in [-0.3, -0.25) is 9.59 Å². The molecule has 154 valence electrons. The highest BCUT2D eigenvalue weighted by Gasteiger charge is 2.48. The van der Waals surface area contributed by atoms with Gasteiger partial charge in [0, 0.05) is 24.4 Å². The SMILES string of the molecule is COc1cc(NC(=O)C2CC2C(=O)NCc2ccc(C)cc2)cc(OC)c1OC. The molecule has 0 bridgehead atoms. The van der Waals surface area contributed by atoms with E-state index >= 15 is 0 Å². The number of ether oxygens (including phenoxy) is 3. The minimum Gasteiger partial charge on any atom is -0.493 e. The van der Waals surface area contributed by atoms with Crippen LogP contribution in [0, 0.1) is 18.8 Å². The first-order chi connectivity index (χ1) is 14.0. The smallest absolute Gasteiger partial charge is 0.228 e. The van der Waals surface area contributed by atoms with E-state index in [9.17, 15) is 9.59 Å². The highest BCUT2D eigenvalue weighted by molar-refractivity contribution is 5.99. The van der Waals surface area contributed by atoms with Gasteiger partial charge in [0.05, 0.1) is 33.2 Å². The number of nitrogens with one attached hydrogen (secondary N) is 2. The number of methoxy groups -OCH3 is 3. The highest BCUT2D eigenvalue weighted by Crippen LogP contribution is 2.42. The molecule has 7 heteroatoms. The average molecular weight is 398 g/mol. The fourth-order valence-corrected chi connectivity index (χ4v) is 3.19. The third-order valence-corrected chi connectivity index (χ3v) is 4.98. The van der Waals surface area contributed by atoms with E-state index in [0.29, 0.717) is 35.9 Å². The van der Waals surface area contributed by atoms with Gasteiger partial charge in [-0.2, -0.15) is 0 Å². The molecule has 2 aromatic carbocycles. The van der Waals surface area contributed by atoms with Crippen LogP contribution in [-0.2, 0) is 16.1 Å². The van der Waals surface area contributed by atoms with Crippen LogP contribution in [0.25, 0.3) is 0 Å². The quantitative estimate of drug-likeness (QED) is 0.714. The molecule has 1 aliphatic carbocycles. The van der Waals surface area contributed by atoms with Crippen LogP contribution in [0.4, 0.5) is 5.69 Å². The van der Waals surface area contributed by atoms with Crippen molar-refractivity contribution in [3.63, 3.8) is 0 Å². The first kappa shape index (κ1) is 20.5. The molecule has 2 N–H and O–H groups in total. The second-order valence-electron chi connectivity index (χ2n) is 7.06. The molecule has 29 heavy (non-hydrogen) atoms. The van der Waals surface area contributed by atoms with E-state index in [0.717, 1.165) is 5.56 Å². The summed E-state index contributed by atoms with van der Waals surface area (Å²) in [6, 6.07) is 11.3. The lowest BCUT2D eigenvalue weighted by molar-refractivity contribution is -0.125. The third-order valence-electron chi connectivity index (χ3n) is 4.98. The van der Waals surface area contributed by atoms with Crippen molar-refractivity contribution in [1.82, 2.24) is 5.32 Å². The summed E-state index contributed by atoms with van der Waals surface area (Å²) in [4.78, 5) is 24.9. The zero-order chi connectivity index (χ0) is 21.0. The van der Waals surface area contributed by atoms with Crippen molar-refractivity contribution in [2.75, 3.05) is 26.6 Å². The highest BCUT2D eigenvalue weighted by atomic mass is 16.5. The molecule has 2 unspecified atom stereocenters. The Bertz CT molecular complexity index is 870. The number of carbonyl (C=O) groups is 2. The number of benzene rings is 2. The fraction of sp³-hybridized carbons (Fsp3) is 0.364. The van der Waals surface area contributed by atoms with Crippen LogP contribution in [0.15, 0.2) is 36.4 Å². The number of anilines is 1. The molecular formula is C22H26N2O5. The Balaban J connectivity index is 1.57. The Kier molecular flexibility index (Phi) is 6.26. The molecule has 0 spiro atoms. The maximum absolute atomic E-state index is 12.6. The number of amides is 2. The van der Waals surface area contributed by atoms with Crippen molar-refractivity contribution < 1.29 is 23.8 Å². The topological polar surface area (TPSA) is 85.9 Å². The molecule has 2 aromatic rings. The zero-order valence-electron chi connectivity index (χ0n) is 17.1. The zero-order valence-corrected chi connectivity index (χ0v) is 17.1. The van der Waals surface area contributed by atoms with Crippen LogP contribution < -0.4 is 24.8 Å². The maximum atomic E-state index is 12.6. The normalized spacial score (nSPS) is 17.2.